The van der Waals surface area contributed by atoms with Crippen molar-refractivity contribution in [1.82, 2.24) is 10.2 Å². The molecule has 0 spiro atoms. The molecule has 1 atom stereocenters. The summed E-state index contributed by atoms with van der Waals surface area (Å²) in [7, 11) is -3.86. The first-order valence-electron chi connectivity index (χ1n) is 13.5. The molecule has 3 rings (SSSR count). The fourth-order valence-corrected chi connectivity index (χ4v) is 5.89. The van der Waals surface area contributed by atoms with Crippen LogP contribution in [0.5, 0.6) is 0 Å². The SMILES string of the molecule is CC(C)(C)NC(=O)C(Cc1ccccc1)N(Cc1cccc(Br)c1)C(=O)CCCN(c1ccc(F)c(F)c1)S(C)(=O)=O. The Kier molecular flexibility index (Phi) is 11.3. The van der Waals surface area contributed by atoms with Crippen LogP contribution in [0.15, 0.2) is 77.3 Å². The van der Waals surface area contributed by atoms with Crippen molar-refractivity contribution in [3.05, 3.63) is 100 Å². The molecule has 0 aliphatic carbocycles. The van der Waals surface area contributed by atoms with E-state index in [-0.39, 0.29) is 49.9 Å². The number of halogens is 3. The smallest absolute Gasteiger partial charge is 0.243 e. The van der Waals surface area contributed by atoms with Gasteiger partial charge in [-0.2, -0.15) is 0 Å². The molecular formula is C31H36BrF2N3O4S. The van der Waals surface area contributed by atoms with Crippen LogP contribution >= 0.6 is 15.9 Å². The van der Waals surface area contributed by atoms with Gasteiger partial charge in [-0.05, 0) is 62.6 Å². The minimum Gasteiger partial charge on any atom is -0.350 e. The van der Waals surface area contributed by atoms with Gasteiger partial charge in [-0.15, -0.1) is 0 Å². The second-order valence-corrected chi connectivity index (χ2v) is 14.0. The third kappa shape index (κ3) is 9.90. The predicted octanol–water partition coefficient (Wildman–Crippen LogP) is 5.83. The fraction of sp³-hybridized carbons (Fsp3) is 0.355. The number of amides is 2. The van der Waals surface area contributed by atoms with E-state index < -0.39 is 33.2 Å². The first-order chi connectivity index (χ1) is 19.6. The Morgan fingerprint density at radius 3 is 2.19 bits per heavy atom. The number of nitrogens with one attached hydrogen (secondary N) is 1. The maximum Gasteiger partial charge on any atom is 0.243 e. The lowest BCUT2D eigenvalue weighted by atomic mass is 10.00. The van der Waals surface area contributed by atoms with Crippen molar-refractivity contribution in [3.63, 3.8) is 0 Å². The number of benzene rings is 3. The van der Waals surface area contributed by atoms with E-state index in [1.165, 1.54) is 11.0 Å². The maximum atomic E-state index is 13.9. The highest BCUT2D eigenvalue weighted by Gasteiger charge is 2.32. The minimum absolute atomic E-state index is 0.0404. The molecular weight excluding hydrogens is 628 g/mol. The topological polar surface area (TPSA) is 86.8 Å². The van der Waals surface area contributed by atoms with Crippen LogP contribution in [0.2, 0.25) is 0 Å². The quantitative estimate of drug-likeness (QED) is 0.264. The predicted molar refractivity (Wildman–Crippen MR) is 164 cm³/mol. The molecule has 2 amide bonds. The van der Waals surface area contributed by atoms with Crippen molar-refractivity contribution in [2.75, 3.05) is 17.1 Å². The highest BCUT2D eigenvalue weighted by molar-refractivity contribution is 9.10. The van der Waals surface area contributed by atoms with Crippen molar-refractivity contribution in [1.29, 1.82) is 0 Å². The van der Waals surface area contributed by atoms with Gasteiger partial charge < -0.3 is 10.2 Å². The van der Waals surface area contributed by atoms with Crippen LogP contribution in [0.25, 0.3) is 0 Å². The van der Waals surface area contributed by atoms with E-state index in [4.69, 9.17) is 0 Å². The average Bonchev–Trinajstić information content (AvgIpc) is 2.89. The molecule has 0 aliphatic heterocycles. The van der Waals surface area contributed by atoms with Crippen LogP contribution in [0, 0.1) is 11.6 Å². The van der Waals surface area contributed by atoms with Crippen LogP contribution in [0.4, 0.5) is 14.5 Å². The first-order valence-corrected chi connectivity index (χ1v) is 16.1. The molecule has 0 fully saturated rings. The van der Waals surface area contributed by atoms with Crippen molar-refractivity contribution in [2.24, 2.45) is 0 Å². The molecule has 1 N–H and O–H groups in total. The fourth-order valence-electron chi connectivity index (χ4n) is 4.48. The van der Waals surface area contributed by atoms with Crippen molar-refractivity contribution in [2.45, 2.75) is 58.2 Å². The van der Waals surface area contributed by atoms with E-state index >= 15 is 0 Å². The zero-order valence-corrected chi connectivity index (χ0v) is 26.5. The van der Waals surface area contributed by atoms with Gasteiger partial charge in [-0.1, -0.05) is 58.4 Å². The molecule has 3 aromatic carbocycles. The lowest BCUT2D eigenvalue weighted by Gasteiger charge is -2.34. The Labute approximate surface area is 255 Å². The summed E-state index contributed by atoms with van der Waals surface area (Å²) >= 11 is 3.46. The van der Waals surface area contributed by atoms with Gasteiger partial charge in [-0.3, -0.25) is 13.9 Å². The Hall–Kier alpha value is -3.31. The molecule has 7 nitrogen and oxygen atoms in total. The summed E-state index contributed by atoms with van der Waals surface area (Å²) in [5.41, 5.74) is 1.09. The van der Waals surface area contributed by atoms with Gasteiger partial charge in [0.25, 0.3) is 0 Å². The van der Waals surface area contributed by atoms with Crippen LogP contribution in [0.3, 0.4) is 0 Å². The largest absolute Gasteiger partial charge is 0.350 e. The standard InChI is InChI=1S/C31H36BrF2N3O4S/c1-31(2,3)35-30(39)28(19-22-10-6-5-7-11-22)36(21-23-12-8-13-24(32)18-23)29(38)14-9-17-37(42(4,40)41)25-15-16-26(33)27(34)20-25/h5-8,10-13,15-16,18,20,28H,9,14,17,19,21H2,1-4H3,(H,35,39). The molecule has 0 aromatic heterocycles. The van der Waals surface area contributed by atoms with Gasteiger partial charge in [0.1, 0.15) is 6.04 Å². The number of nitrogens with zero attached hydrogens (tertiary/aromatic N) is 2. The number of sulfonamides is 1. The summed E-state index contributed by atoms with van der Waals surface area (Å²) in [5, 5.41) is 3.00. The highest BCUT2D eigenvalue weighted by Crippen LogP contribution is 2.23. The van der Waals surface area contributed by atoms with Crippen molar-refractivity contribution in [3.8, 4) is 0 Å². The van der Waals surface area contributed by atoms with E-state index in [1.807, 2.05) is 75.4 Å². The van der Waals surface area contributed by atoms with Crippen LogP contribution in [-0.4, -0.2) is 49.5 Å². The number of rotatable bonds is 12. The van der Waals surface area contributed by atoms with Crippen molar-refractivity contribution < 1.29 is 26.8 Å². The number of carbonyl (C=O) groups excluding carboxylic acids is 2. The van der Waals surface area contributed by atoms with Crippen LogP contribution < -0.4 is 9.62 Å². The van der Waals surface area contributed by atoms with E-state index in [2.05, 4.69) is 21.2 Å². The number of hydrogen-bond acceptors (Lipinski definition) is 4. The Bertz CT molecular complexity index is 1500. The Morgan fingerprint density at radius 2 is 1.60 bits per heavy atom. The zero-order chi connectivity index (χ0) is 31.1. The molecule has 42 heavy (non-hydrogen) atoms. The van der Waals surface area contributed by atoms with Crippen LogP contribution in [-0.2, 0) is 32.6 Å². The molecule has 11 heteroatoms. The van der Waals surface area contributed by atoms with E-state index in [1.54, 1.807) is 0 Å². The third-order valence-electron chi connectivity index (χ3n) is 6.35. The van der Waals surface area contributed by atoms with Gasteiger partial charge in [0.2, 0.25) is 21.8 Å². The lowest BCUT2D eigenvalue weighted by molar-refractivity contribution is -0.142. The highest BCUT2D eigenvalue weighted by atomic mass is 79.9. The van der Waals surface area contributed by atoms with Gasteiger partial charge in [-0.25, -0.2) is 17.2 Å². The number of carbonyl (C=O) groups is 2. The Morgan fingerprint density at radius 1 is 0.929 bits per heavy atom. The molecule has 0 saturated heterocycles. The van der Waals surface area contributed by atoms with E-state index in [9.17, 15) is 26.8 Å². The maximum absolute atomic E-state index is 13.9. The molecule has 3 aromatic rings. The second-order valence-electron chi connectivity index (χ2n) is 11.1. The van der Waals surface area contributed by atoms with Crippen molar-refractivity contribution >= 4 is 43.5 Å². The van der Waals surface area contributed by atoms with E-state index in [0.717, 1.165) is 38.3 Å². The Balaban J connectivity index is 1.91. The zero-order valence-electron chi connectivity index (χ0n) is 24.1. The second kappa shape index (κ2) is 14.2. The molecule has 0 radical (unpaired) electrons. The number of anilines is 1. The summed E-state index contributed by atoms with van der Waals surface area (Å²) in [4.78, 5) is 29.0. The van der Waals surface area contributed by atoms with Gasteiger partial charge in [0, 0.05) is 42.0 Å². The first kappa shape index (κ1) is 33.2. The molecule has 1 unspecified atom stereocenters. The van der Waals surface area contributed by atoms with Gasteiger partial charge in [0.05, 0.1) is 11.9 Å². The molecule has 0 bridgehead atoms. The van der Waals surface area contributed by atoms with Gasteiger partial charge in [0.15, 0.2) is 11.6 Å². The molecule has 0 saturated carbocycles. The monoisotopic (exact) mass is 663 g/mol. The van der Waals surface area contributed by atoms with Crippen LogP contribution in [0.1, 0.15) is 44.7 Å². The third-order valence-corrected chi connectivity index (χ3v) is 8.04. The summed E-state index contributed by atoms with van der Waals surface area (Å²) < 4.78 is 54.1. The molecule has 0 aliphatic rings. The van der Waals surface area contributed by atoms with E-state index in [0.29, 0.717) is 0 Å². The minimum atomic E-state index is -3.86. The normalized spacial score (nSPS) is 12.5. The summed E-state index contributed by atoms with van der Waals surface area (Å²) in [6, 6.07) is 18.8. The average molecular weight is 665 g/mol. The van der Waals surface area contributed by atoms with Gasteiger partial charge >= 0.3 is 0 Å². The molecule has 226 valence electrons. The molecule has 0 heterocycles. The summed E-state index contributed by atoms with van der Waals surface area (Å²) in [6.45, 7) is 5.60. The summed E-state index contributed by atoms with van der Waals surface area (Å²) in [6.07, 6.45) is 1.23. The number of hydrogen-bond donors (Lipinski definition) is 1. The lowest BCUT2D eigenvalue weighted by Crippen LogP contribution is -2.54. The summed E-state index contributed by atoms with van der Waals surface area (Å²) in [5.74, 6) is -2.93.